The molecule has 2 nitrogen and oxygen atoms in total. The van der Waals surface area contributed by atoms with Gasteiger partial charge in [-0.2, -0.15) is 0 Å². The molecule has 0 unspecified atom stereocenters. The molecule has 0 aliphatic rings. The highest BCUT2D eigenvalue weighted by atomic mass is 79.9. The smallest absolute Gasteiger partial charge is 0.184 e. The van der Waals surface area contributed by atoms with Crippen LogP contribution in [0.5, 0.6) is 17.2 Å². The van der Waals surface area contributed by atoms with Gasteiger partial charge in [0, 0.05) is 8.95 Å². The lowest BCUT2D eigenvalue weighted by molar-refractivity contribution is 0.408. The van der Waals surface area contributed by atoms with Gasteiger partial charge < -0.3 is 9.84 Å². The quantitative estimate of drug-likeness (QED) is 0.650. The number of halogens is 3. The van der Waals surface area contributed by atoms with Crippen LogP contribution in [0.15, 0.2) is 49.8 Å². The molecule has 2 aromatic carbocycles. The summed E-state index contributed by atoms with van der Waals surface area (Å²) in [6.07, 6.45) is 0. The van der Waals surface area contributed by atoms with Crippen molar-refractivity contribution in [1.29, 1.82) is 0 Å². The van der Waals surface area contributed by atoms with E-state index in [-0.39, 0.29) is 5.75 Å². The number of phenolic OH excluding ortho intramolecular Hbond substituents is 1. The molecule has 2 rings (SSSR count). The fraction of sp³-hybridized carbons (Fsp3) is 0. The van der Waals surface area contributed by atoms with Gasteiger partial charge in [-0.05, 0) is 66.0 Å². The predicted octanol–water partition coefficient (Wildman–Crippen LogP) is 5.47. The van der Waals surface area contributed by atoms with Gasteiger partial charge in [-0.3, -0.25) is 0 Å². The van der Waals surface area contributed by atoms with Crippen LogP contribution in [0.25, 0.3) is 0 Å². The first-order chi connectivity index (χ1) is 8.09. The molecule has 17 heavy (non-hydrogen) atoms. The molecule has 0 bridgehead atoms. The minimum atomic E-state index is 0.0656. The molecule has 1 N–H and O–H groups in total. The fourth-order valence-corrected chi connectivity index (χ4v) is 2.74. The summed E-state index contributed by atoms with van der Waals surface area (Å²) in [5.74, 6) is 1.11. The van der Waals surface area contributed by atoms with Crippen molar-refractivity contribution in [2.24, 2.45) is 0 Å². The topological polar surface area (TPSA) is 29.5 Å². The molecular weight excluding hydrogens is 416 g/mol. The zero-order valence-corrected chi connectivity index (χ0v) is 13.2. The number of phenols is 1. The molecule has 88 valence electrons. The minimum Gasteiger partial charge on any atom is -0.504 e. The second-order valence-corrected chi connectivity index (χ2v) is 5.69. The molecule has 0 aromatic heterocycles. The Morgan fingerprint density at radius 1 is 0.941 bits per heavy atom. The van der Waals surface area contributed by atoms with E-state index in [0.29, 0.717) is 16.0 Å². The molecule has 2 aromatic rings. The first-order valence-corrected chi connectivity index (χ1v) is 7.07. The van der Waals surface area contributed by atoms with Crippen molar-refractivity contribution in [3.63, 3.8) is 0 Å². The SMILES string of the molecule is Oc1cc(Br)c(Br)c(Br)c1Oc1ccccc1. The van der Waals surface area contributed by atoms with Crippen molar-refractivity contribution in [3.8, 4) is 17.2 Å². The summed E-state index contributed by atoms with van der Waals surface area (Å²) in [6, 6.07) is 10.9. The van der Waals surface area contributed by atoms with Gasteiger partial charge >= 0.3 is 0 Å². The zero-order chi connectivity index (χ0) is 12.4. The summed E-state index contributed by atoms with van der Waals surface area (Å²) in [4.78, 5) is 0. The zero-order valence-electron chi connectivity index (χ0n) is 8.45. The average molecular weight is 423 g/mol. The normalized spacial score (nSPS) is 10.3. The van der Waals surface area contributed by atoms with Crippen LogP contribution in [0, 0.1) is 0 Å². The summed E-state index contributed by atoms with van der Waals surface area (Å²) in [6.45, 7) is 0. The molecule has 0 aliphatic heterocycles. The van der Waals surface area contributed by atoms with Crippen molar-refractivity contribution >= 4 is 47.8 Å². The van der Waals surface area contributed by atoms with E-state index in [0.717, 1.165) is 8.95 Å². The number of aromatic hydroxyl groups is 1. The fourth-order valence-electron chi connectivity index (χ4n) is 1.27. The van der Waals surface area contributed by atoms with Gasteiger partial charge in [0.15, 0.2) is 11.5 Å². The van der Waals surface area contributed by atoms with Crippen LogP contribution in [0.1, 0.15) is 0 Å². The highest BCUT2D eigenvalue weighted by Crippen LogP contribution is 2.45. The van der Waals surface area contributed by atoms with E-state index >= 15 is 0 Å². The number of benzene rings is 2. The van der Waals surface area contributed by atoms with Gasteiger partial charge in [-0.15, -0.1) is 0 Å². The standard InChI is InChI=1S/C12H7Br3O2/c13-8-6-9(16)12(11(15)10(8)14)17-7-4-2-1-3-5-7/h1-6,16H. The second-order valence-electron chi connectivity index (χ2n) is 3.25. The number of ether oxygens (including phenoxy) is 1. The maximum Gasteiger partial charge on any atom is 0.184 e. The Bertz CT molecular complexity index is 541. The number of hydrogen-bond donors (Lipinski definition) is 1. The molecule has 0 fully saturated rings. The van der Waals surface area contributed by atoms with Crippen LogP contribution < -0.4 is 4.74 Å². The summed E-state index contributed by atoms with van der Waals surface area (Å²) < 4.78 is 7.83. The Labute approximate surface area is 124 Å². The lowest BCUT2D eigenvalue weighted by Crippen LogP contribution is -1.87. The Hall–Kier alpha value is -0.520. The lowest BCUT2D eigenvalue weighted by atomic mass is 10.3. The van der Waals surface area contributed by atoms with E-state index in [1.165, 1.54) is 0 Å². The van der Waals surface area contributed by atoms with Gasteiger partial charge in [0.25, 0.3) is 0 Å². The monoisotopic (exact) mass is 420 g/mol. The number of para-hydroxylation sites is 1. The molecule has 0 saturated heterocycles. The molecular formula is C12H7Br3O2. The maximum atomic E-state index is 9.85. The maximum absolute atomic E-state index is 9.85. The Kier molecular flexibility index (Phi) is 4.12. The van der Waals surface area contributed by atoms with Gasteiger partial charge in [0.1, 0.15) is 5.75 Å². The molecule has 0 atom stereocenters. The van der Waals surface area contributed by atoms with Crippen molar-refractivity contribution in [1.82, 2.24) is 0 Å². The predicted molar refractivity (Wildman–Crippen MR) is 77.7 cm³/mol. The Morgan fingerprint density at radius 3 is 2.24 bits per heavy atom. The molecule has 5 heteroatoms. The average Bonchev–Trinajstić information content (AvgIpc) is 2.33. The molecule has 0 saturated carbocycles. The summed E-state index contributed by atoms with van der Waals surface area (Å²) in [5, 5.41) is 9.85. The van der Waals surface area contributed by atoms with E-state index in [4.69, 9.17) is 4.74 Å². The second kappa shape index (κ2) is 5.42. The van der Waals surface area contributed by atoms with Crippen LogP contribution in [0.2, 0.25) is 0 Å². The van der Waals surface area contributed by atoms with Crippen LogP contribution in [-0.4, -0.2) is 5.11 Å². The minimum absolute atomic E-state index is 0.0656. The van der Waals surface area contributed by atoms with E-state index in [2.05, 4.69) is 47.8 Å². The Morgan fingerprint density at radius 2 is 1.59 bits per heavy atom. The molecule has 0 heterocycles. The summed E-state index contributed by atoms with van der Waals surface area (Å²) >= 11 is 10.1. The third-order valence-electron chi connectivity index (χ3n) is 2.06. The van der Waals surface area contributed by atoms with Crippen LogP contribution in [0.4, 0.5) is 0 Å². The van der Waals surface area contributed by atoms with Crippen LogP contribution in [-0.2, 0) is 0 Å². The summed E-state index contributed by atoms with van der Waals surface area (Å²) in [7, 11) is 0. The van der Waals surface area contributed by atoms with E-state index in [1.807, 2.05) is 30.3 Å². The van der Waals surface area contributed by atoms with E-state index in [1.54, 1.807) is 6.07 Å². The Balaban J connectivity index is 2.43. The van der Waals surface area contributed by atoms with Crippen LogP contribution >= 0.6 is 47.8 Å². The molecule has 0 aliphatic carbocycles. The highest BCUT2D eigenvalue weighted by molar-refractivity contribution is 9.14. The van der Waals surface area contributed by atoms with Gasteiger partial charge in [-0.25, -0.2) is 0 Å². The molecule has 0 amide bonds. The molecule has 0 spiro atoms. The highest BCUT2D eigenvalue weighted by Gasteiger charge is 2.15. The number of rotatable bonds is 2. The van der Waals surface area contributed by atoms with Crippen molar-refractivity contribution in [3.05, 3.63) is 49.8 Å². The van der Waals surface area contributed by atoms with Crippen molar-refractivity contribution < 1.29 is 9.84 Å². The van der Waals surface area contributed by atoms with E-state index < -0.39 is 0 Å². The largest absolute Gasteiger partial charge is 0.504 e. The van der Waals surface area contributed by atoms with E-state index in [9.17, 15) is 5.11 Å². The first kappa shape index (κ1) is 12.9. The van der Waals surface area contributed by atoms with Gasteiger partial charge in [0.2, 0.25) is 0 Å². The van der Waals surface area contributed by atoms with Gasteiger partial charge in [-0.1, -0.05) is 18.2 Å². The third kappa shape index (κ3) is 2.84. The van der Waals surface area contributed by atoms with Crippen LogP contribution in [0.3, 0.4) is 0 Å². The van der Waals surface area contributed by atoms with Crippen molar-refractivity contribution in [2.75, 3.05) is 0 Å². The summed E-state index contributed by atoms with van der Waals surface area (Å²) in [5.41, 5.74) is 0. The number of hydrogen-bond acceptors (Lipinski definition) is 2. The van der Waals surface area contributed by atoms with Gasteiger partial charge in [0.05, 0.1) is 4.47 Å². The molecule has 0 radical (unpaired) electrons. The van der Waals surface area contributed by atoms with Crippen molar-refractivity contribution in [2.45, 2.75) is 0 Å². The third-order valence-corrected chi connectivity index (χ3v) is 5.33. The lowest BCUT2D eigenvalue weighted by Gasteiger charge is -2.11. The first-order valence-electron chi connectivity index (χ1n) is 4.69.